The zero-order chi connectivity index (χ0) is 18.8. The topological polar surface area (TPSA) is 76.9 Å². The first kappa shape index (κ1) is 17.1. The van der Waals surface area contributed by atoms with Gasteiger partial charge in [0.25, 0.3) is 0 Å². The molecule has 0 saturated heterocycles. The molecule has 2 aromatic heterocycles. The summed E-state index contributed by atoms with van der Waals surface area (Å²) in [5.74, 6) is 1.79. The number of hydrogen-bond acceptors (Lipinski definition) is 6. The highest BCUT2D eigenvalue weighted by atomic mass is 35.5. The Balaban J connectivity index is 1.75. The fraction of sp³-hybridized carbons (Fsp3) is 0.105. The number of anilines is 4. The van der Waals surface area contributed by atoms with E-state index in [1.54, 1.807) is 18.0 Å². The number of aromatic nitrogens is 4. The summed E-state index contributed by atoms with van der Waals surface area (Å²) in [6, 6.07) is 15.0. The van der Waals surface area contributed by atoms with Crippen molar-refractivity contribution in [2.24, 2.45) is 7.05 Å². The number of fused-ring (bicyclic) bond motifs is 1. The maximum Gasteiger partial charge on any atom is 0.231 e. The smallest absolute Gasteiger partial charge is 0.231 e. The lowest BCUT2D eigenvalue weighted by molar-refractivity contribution is 0.417. The number of nitrogens with zero attached hydrogens (tertiary/aromatic N) is 4. The van der Waals surface area contributed by atoms with Gasteiger partial charge in [0, 0.05) is 17.8 Å². The minimum Gasteiger partial charge on any atom is -0.495 e. The van der Waals surface area contributed by atoms with Gasteiger partial charge in [-0.15, -0.1) is 0 Å². The zero-order valence-electron chi connectivity index (χ0n) is 14.8. The Morgan fingerprint density at radius 3 is 2.56 bits per heavy atom. The first-order chi connectivity index (χ1) is 13.1. The van der Waals surface area contributed by atoms with Crippen LogP contribution in [0.15, 0.2) is 54.7 Å². The van der Waals surface area contributed by atoms with E-state index >= 15 is 0 Å². The van der Waals surface area contributed by atoms with Crippen LogP contribution in [0, 0.1) is 0 Å². The third-order valence-electron chi connectivity index (χ3n) is 4.05. The van der Waals surface area contributed by atoms with Crippen molar-refractivity contribution in [2.75, 3.05) is 17.7 Å². The standard InChI is InChI=1S/C19H17ClN6O/c1-26-18-14(11-21-26)17(22-13-9-7-12(20)8-10-13)24-19(25-18)23-15-5-3-4-6-16(15)27-2/h3-11H,1-2H3,(H2,22,23,24,25). The van der Waals surface area contributed by atoms with E-state index in [0.717, 1.165) is 16.8 Å². The Hall–Kier alpha value is -3.32. The van der Waals surface area contributed by atoms with Crippen molar-refractivity contribution < 1.29 is 4.74 Å². The molecule has 0 aliphatic heterocycles. The fourth-order valence-corrected chi connectivity index (χ4v) is 2.84. The van der Waals surface area contributed by atoms with E-state index in [0.29, 0.717) is 28.2 Å². The van der Waals surface area contributed by atoms with Crippen molar-refractivity contribution in [1.82, 2.24) is 19.7 Å². The number of methoxy groups -OCH3 is 1. The number of ether oxygens (including phenoxy) is 1. The molecule has 7 nitrogen and oxygen atoms in total. The van der Waals surface area contributed by atoms with E-state index in [9.17, 15) is 0 Å². The van der Waals surface area contributed by atoms with Gasteiger partial charge in [-0.25, -0.2) is 0 Å². The summed E-state index contributed by atoms with van der Waals surface area (Å²) in [6.45, 7) is 0. The van der Waals surface area contributed by atoms with Crippen molar-refractivity contribution in [3.05, 3.63) is 59.8 Å². The van der Waals surface area contributed by atoms with Gasteiger partial charge in [-0.1, -0.05) is 23.7 Å². The van der Waals surface area contributed by atoms with Crippen LogP contribution in [0.25, 0.3) is 11.0 Å². The Morgan fingerprint density at radius 2 is 1.78 bits per heavy atom. The van der Waals surface area contributed by atoms with Gasteiger partial charge in [0.2, 0.25) is 5.95 Å². The predicted molar refractivity (Wildman–Crippen MR) is 107 cm³/mol. The van der Waals surface area contributed by atoms with Gasteiger partial charge < -0.3 is 15.4 Å². The molecule has 0 bridgehead atoms. The first-order valence-corrected chi connectivity index (χ1v) is 8.64. The molecule has 2 N–H and O–H groups in total. The summed E-state index contributed by atoms with van der Waals surface area (Å²) in [5.41, 5.74) is 2.35. The third kappa shape index (κ3) is 3.50. The number of rotatable bonds is 5. The SMILES string of the molecule is COc1ccccc1Nc1nc(Nc2ccc(Cl)cc2)c2cnn(C)c2n1. The van der Waals surface area contributed by atoms with Crippen molar-refractivity contribution in [3.63, 3.8) is 0 Å². The Bertz CT molecular complexity index is 1090. The summed E-state index contributed by atoms with van der Waals surface area (Å²) in [5, 5.41) is 12.3. The number of hydrogen-bond donors (Lipinski definition) is 2. The van der Waals surface area contributed by atoms with Crippen LogP contribution >= 0.6 is 11.6 Å². The lowest BCUT2D eigenvalue weighted by atomic mass is 10.3. The fourth-order valence-electron chi connectivity index (χ4n) is 2.71. The maximum atomic E-state index is 5.97. The summed E-state index contributed by atoms with van der Waals surface area (Å²) in [7, 11) is 3.47. The Morgan fingerprint density at radius 1 is 1.00 bits per heavy atom. The molecular formula is C19H17ClN6O. The van der Waals surface area contributed by atoms with Crippen LogP contribution in [-0.4, -0.2) is 26.9 Å². The maximum absolute atomic E-state index is 5.97. The van der Waals surface area contributed by atoms with E-state index in [4.69, 9.17) is 16.3 Å². The van der Waals surface area contributed by atoms with E-state index in [2.05, 4.69) is 25.7 Å². The number of nitrogens with one attached hydrogen (secondary N) is 2. The minimum atomic E-state index is 0.437. The summed E-state index contributed by atoms with van der Waals surface area (Å²) in [6.07, 6.45) is 1.74. The van der Waals surface area contributed by atoms with Crippen LogP contribution in [0.2, 0.25) is 5.02 Å². The minimum absolute atomic E-state index is 0.437. The van der Waals surface area contributed by atoms with Gasteiger partial charge in [0.1, 0.15) is 11.6 Å². The average molecular weight is 381 g/mol. The van der Waals surface area contributed by atoms with Crippen LogP contribution in [0.1, 0.15) is 0 Å². The average Bonchev–Trinajstić information content (AvgIpc) is 3.05. The van der Waals surface area contributed by atoms with Gasteiger partial charge in [0.15, 0.2) is 5.65 Å². The van der Waals surface area contributed by atoms with E-state index in [-0.39, 0.29) is 0 Å². The second-order valence-electron chi connectivity index (χ2n) is 5.86. The molecule has 0 amide bonds. The van der Waals surface area contributed by atoms with Gasteiger partial charge in [-0.2, -0.15) is 15.1 Å². The number of aryl methyl sites for hydroxylation is 1. The normalized spacial score (nSPS) is 10.8. The molecular weight excluding hydrogens is 364 g/mol. The zero-order valence-corrected chi connectivity index (χ0v) is 15.5. The quantitative estimate of drug-likeness (QED) is 0.530. The van der Waals surface area contributed by atoms with Crippen LogP contribution in [0.3, 0.4) is 0 Å². The second-order valence-corrected chi connectivity index (χ2v) is 6.29. The third-order valence-corrected chi connectivity index (χ3v) is 4.30. The summed E-state index contributed by atoms with van der Waals surface area (Å²) >= 11 is 5.97. The Kier molecular flexibility index (Phi) is 4.52. The molecule has 0 fully saturated rings. The van der Waals surface area contributed by atoms with Crippen LogP contribution < -0.4 is 15.4 Å². The summed E-state index contributed by atoms with van der Waals surface area (Å²) in [4.78, 5) is 9.21. The second kappa shape index (κ2) is 7.13. The number of para-hydroxylation sites is 2. The molecule has 0 aliphatic rings. The van der Waals surface area contributed by atoms with Gasteiger partial charge in [-0.05, 0) is 36.4 Å². The lowest BCUT2D eigenvalue weighted by Crippen LogP contribution is -2.04. The molecule has 4 aromatic rings. The van der Waals surface area contributed by atoms with Crippen LogP contribution in [0.4, 0.5) is 23.1 Å². The van der Waals surface area contributed by atoms with E-state index < -0.39 is 0 Å². The molecule has 0 saturated carbocycles. The van der Waals surface area contributed by atoms with Gasteiger partial charge in [0.05, 0.1) is 24.4 Å². The molecule has 0 radical (unpaired) electrons. The Labute approximate surface area is 161 Å². The lowest BCUT2D eigenvalue weighted by Gasteiger charge is -2.12. The van der Waals surface area contributed by atoms with Crippen molar-refractivity contribution in [3.8, 4) is 5.75 Å². The largest absolute Gasteiger partial charge is 0.495 e. The highest BCUT2D eigenvalue weighted by molar-refractivity contribution is 6.30. The highest BCUT2D eigenvalue weighted by Crippen LogP contribution is 2.29. The monoisotopic (exact) mass is 380 g/mol. The number of halogens is 1. The molecule has 4 rings (SSSR count). The molecule has 0 unspecified atom stereocenters. The first-order valence-electron chi connectivity index (χ1n) is 8.26. The predicted octanol–water partition coefficient (Wildman–Crippen LogP) is 4.51. The van der Waals surface area contributed by atoms with Crippen LogP contribution in [-0.2, 0) is 7.05 Å². The van der Waals surface area contributed by atoms with Crippen molar-refractivity contribution >= 4 is 45.8 Å². The molecule has 8 heteroatoms. The molecule has 2 aromatic carbocycles. The summed E-state index contributed by atoms with van der Waals surface area (Å²) < 4.78 is 7.09. The van der Waals surface area contributed by atoms with Gasteiger partial charge >= 0.3 is 0 Å². The van der Waals surface area contributed by atoms with E-state index in [1.807, 2.05) is 55.6 Å². The van der Waals surface area contributed by atoms with Gasteiger partial charge in [-0.3, -0.25) is 4.68 Å². The molecule has 0 spiro atoms. The molecule has 0 aliphatic carbocycles. The molecule has 0 atom stereocenters. The van der Waals surface area contributed by atoms with Crippen LogP contribution in [0.5, 0.6) is 5.75 Å². The highest BCUT2D eigenvalue weighted by Gasteiger charge is 2.13. The molecule has 136 valence electrons. The van der Waals surface area contributed by atoms with E-state index in [1.165, 1.54) is 0 Å². The number of benzene rings is 2. The van der Waals surface area contributed by atoms with Crippen molar-refractivity contribution in [2.45, 2.75) is 0 Å². The molecule has 2 heterocycles. The molecule has 27 heavy (non-hydrogen) atoms. The van der Waals surface area contributed by atoms with Crippen molar-refractivity contribution in [1.29, 1.82) is 0 Å².